The summed E-state index contributed by atoms with van der Waals surface area (Å²) in [5.41, 5.74) is 0.455. The zero-order chi connectivity index (χ0) is 23.8. The van der Waals surface area contributed by atoms with E-state index < -0.39 is 40.8 Å². The van der Waals surface area contributed by atoms with E-state index in [0.717, 1.165) is 37.7 Å². The summed E-state index contributed by atoms with van der Waals surface area (Å²) in [5, 5.41) is 25.6. The standard InChI is InChI=1S/C25H29N3O5/c1-27(2)24(32)17-12-9-13-18(21(17)29)28(33)20-19(22(30)23(20)31)26-25(14-7-4-8-15-25)16-10-5-3-6-11-16/h3,5-6,9-13,19-20,26,29,33H,4,7-8,14-15H2,1-2H3. The van der Waals surface area contributed by atoms with E-state index in [1.54, 1.807) is 14.1 Å². The molecular weight excluding hydrogens is 422 g/mol. The van der Waals surface area contributed by atoms with Crippen LogP contribution in [0.2, 0.25) is 0 Å². The first-order chi connectivity index (χ1) is 15.8. The number of carbonyl (C=O) groups excluding carboxylic acids is 3. The van der Waals surface area contributed by atoms with Crippen LogP contribution in [0.25, 0.3) is 0 Å². The normalized spacial score (nSPS) is 21.9. The van der Waals surface area contributed by atoms with Gasteiger partial charge in [0.1, 0.15) is 17.8 Å². The van der Waals surface area contributed by atoms with Crippen molar-refractivity contribution in [1.29, 1.82) is 0 Å². The zero-order valence-electron chi connectivity index (χ0n) is 18.8. The number of anilines is 1. The molecule has 1 amide bonds. The first-order valence-electron chi connectivity index (χ1n) is 11.2. The van der Waals surface area contributed by atoms with Crippen molar-refractivity contribution in [3.05, 3.63) is 59.7 Å². The molecule has 0 bridgehead atoms. The highest BCUT2D eigenvalue weighted by Crippen LogP contribution is 2.40. The van der Waals surface area contributed by atoms with Gasteiger partial charge in [0.15, 0.2) is 5.75 Å². The number of nitrogens with zero attached hydrogens (tertiary/aromatic N) is 2. The second-order valence-electron chi connectivity index (χ2n) is 9.02. The summed E-state index contributed by atoms with van der Waals surface area (Å²) in [6.45, 7) is 0. The molecule has 4 rings (SSSR count). The average molecular weight is 452 g/mol. The van der Waals surface area contributed by atoms with Gasteiger partial charge >= 0.3 is 0 Å². The van der Waals surface area contributed by atoms with Crippen molar-refractivity contribution < 1.29 is 24.7 Å². The van der Waals surface area contributed by atoms with Gasteiger partial charge in [-0.3, -0.25) is 24.9 Å². The Bertz CT molecular complexity index is 1060. The molecule has 3 N–H and O–H groups in total. The molecule has 0 aliphatic heterocycles. The number of phenolic OH excluding ortho intramolecular Hbond substituents is 1. The Kier molecular flexibility index (Phi) is 6.23. The fraction of sp³-hybridized carbons (Fsp3) is 0.400. The maximum absolute atomic E-state index is 12.6. The fourth-order valence-electron chi connectivity index (χ4n) is 4.90. The van der Waals surface area contributed by atoms with Gasteiger partial charge in [-0.15, -0.1) is 0 Å². The topological polar surface area (TPSA) is 110 Å². The van der Waals surface area contributed by atoms with Gasteiger partial charge in [-0.2, -0.15) is 0 Å². The maximum Gasteiger partial charge on any atom is 0.257 e. The molecule has 2 aromatic carbocycles. The number of hydroxylamine groups is 1. The van der Waals surface area contributed by atoms with Crippen molar-refractivity contribution in [2.24, 2.45) is 0 Å². The van der Waals surface area contributed by atoms with Crippen molar-refractivity contribution in [2.75, 3.05) is 19.2 Å². The van der Waals surface area contributed by atoms with Crippen molar-refractivity contribution >= 4 is 23.2 Å². The molecule has 8 nitrogen and oxygen atoms in total. The van der Waals surface area contributed by atoms with Gasteiger partial charge in [-0.25, -0.2) is 5.06 Å². The van der Waals surface area contributed by atoms with Crippen LogP contribution in [-0.4, -0.2) is 58.9 Å². The molecule has 2 atom stereocenters. The van der Waals surface area contributed by atoms with Crippen LogP contribution in [0.1, 0.15) is 48.0 Å². The molecule has 0 saturated heterocycles. The van der Waals surface area contributed by atoms with Crippen molar-refractivity contribution in [3.8, 4) is 5.75 Å². The van der Waals surface area contributed by atoms with Gasteiger partial charge in [0.05, 0.1) is 5.56 Å². The van der Waals surface area contributed by atoms with Crippen LogP contribution in [0, 0.1) is 0 Å². The average Bonchev–Trinajstić information content (AvgIpc) is 2.84. The third-order valence-corrected chi connectivity index (χ3v) is 6.74. The van der Waals surface area contributed by atoms with Gasteiger partial charge < -0.3 is 10.0 Å². The maximum atomic E-state index is 12.6. The number of aromatic hydroxyl groups is 1. The Hall–Kier alpha value is -3.23. The Balaban J connectivity index is 1.65. The second-order valence-corrected chi connectivity index (χ2v) is 9.02. The second kappa shape index (κ2) is 8.96. The molecule has 0 heterocycles. The molecule has 174 valence electrons. The van der Waals surface area contributed by atoms with E-state index in [4.69, 9.17) is 0 Å². The highest BCUT2D eigenvalue weighted by atomic mass is 16.5. The van der Waals surface area contributed by atoms with Crippen LogP contribution >= 0.6 is 0 Å². The lowest BCUT2D eigenvalue weighted by molar-refractivity contribution is -0.149. The van der Waals surface area contributed by atoms with Crippen molar-refractivity contribution in [3.63, 3.8) is 0 Å². The van der Waals surface area contributed by atoms with Crippen LogP contribution < -0.4 is 10.4 Å². The predicted octanol–water partition coefficient (Wildman–Crippen LogP) is 2.63. The Morgan fingerprint density at radius 2 is 1.64 bits per heavy atom. The SMILES string of the molecule is CN(C)C(=O)c1cccc(N(O)C2C(=O)C(=O)C2NC2(c3ccccc3)CCCCC2)c1O. The highest BCUT2D eigenvalue weighted by molar-refractivity contribution is 6.49. The lowest BCUT2D eigenvalue weighted by atomic mass is 9.73. The van der Waals surface area contributed by atoms with Crippen LogP contribution in [0.3, 0.4) is 0 Å². The number of phenols is 1. The molecular formula is C25H29N3O5. The van der Waals surface area contributed by atoms with E-state index in [9.17, 15) is 24.7 Å². The third kappa shape index (κ3) is 4.00. The van der Waals surface area contributed by atoms with E-state index in [1.165, 1.54) is 23.1 Å². The molecule has 0 aromatic heterocycles. The highest BCUT2D eigenvalue weighted by Gasteiger charge is 2.55. The summed E-state index contributed by atoms with van der Waals surface area (Å²) >= 11 is 0. The van der Waals surface area contributed by atoms with Crippen molar-refractivity contribution in [1.82, 2.24) is 10.2 Å². The van der Waals surface area contributed by atoms with E-state index in [0.29, 0.717) is 5.06 Å². The summed E-state index contributed by atoms with van der Waals surface area (Å²) in [5.74, 6) is -2.23. The molecule has 0 spiro atoms. The minimum absolute atomic E-state index is 0.00723. The minimum Gasteiger partial charge on any atom is -0.505 e. The van der Waals surface area contributed by atoms with Gasteiger partial charge in [0.2, 0.25) is 11.6 Å². The first kappa shape index (κ1) is 22.9. The van der Waals surface area contributed by atoms with E-state index in [-0.39, 0.29) is 11.3 Å². The molecule has 33 heavy (non-hydrogen) atoms. The molecule has 2 unspecified atom stereocenters. The van der Waals surface area contributed by atoms with Gasteiger partial charge in [0.25, 0.3) is 5.91 Å². The molecule has 2 aromatic rings. The summed E-state index contributed by atoms with van der Waals surface area (Å²) in [7, 11) is 3.10. The number of benzene rings is 2. The molecule has 2 saturated carbocycles. The quantitative estimate of drug-likeness (QED) is 0.457. The number of amides is 1. The molecule has 2 aliphatic rings. The summed E-state index contributed by atoms with van der Waals surface area (Å²) in [6, 6.07) is 12.1. The number of hydrogen-bond acceptors (Lipinski definition) is 7. The third-order valence-electron chi connectivity index (χ3n) is 6.74. The van der Waals surface area contributed by atoms with Gasteiger partial charge in [0, 0.05) is 19.6 Å². The lowest BCUT2D eigenvalue weighted by Crippen LogP contribution is -2.72. The number of rotatable bonds is 6. The summed E-state index contributed by atoms with van der Waals surface area (Å²) in [4.78, 5) is 38.9. The Morgan fingerprint density at radius 3 is 2.27 bits per heavy atom. The Labute approximate surface area is 192 Å². The summed E-state index contributed by atoms with van der Waals surface area (Å²) in [6.07, 6.45) is 4.69. The number of Topliss-reactive ketones (excluding diaryl/α,β-unsaturated/α-hetero) is 2. The van der Waals surface area contributed by atoms with Gasteiger partial charge in [-0.1, -0.05) is 55.7 Å². The monoisotopic (exact) mass is 451 g/mol. The predicted molar refractivity (Wildman–Crippen MR) is 122 cm³/mol. The van der Waals surface area contributed by atoms with Gasteiger partial charge in [-0.05, 0) is 30.5 Å². The van der Waals surface area contributed by atoms with E-state index in [1.807, 2.05) is 30.3 Å². The van der Waals surface area contributed by atoms with E-state index in [2.05, 4.69) is 5.32 Å². The lowest BCUT2D eigenvalue weighted by Gasteiger charge is -2.47. The zero-order valence-corrected chi connectivity index (χ0v) is 18.8. The fourth-order valence-corrected chi connectivity index (χ4v) is 4.90. The number of ketones is 2. The molecule has 8 heteroatoms. The van der Waals surface area contributed by atoms with E-state index >= 15 is 0 Å². The largest absolute Gasteiger partial charge is 0.505 e. The minimum atomic E-state index is -1.20. The van der Waals surface area contributed by atoms with Crippen LogP contribution in [0.4, 0.5) is 5.69 Å². The number of para-hydroxylation sites is 1. The number of nitrogens with one attached hydrogen (secondary N) is 1. The number of carbonyl (C=O) groups is 3. The number of hydrogen-bond donors (Lipinski definition) is 3. The van der Waals surface area contributed by atoms with Crippen molar-refractivity contribution in [2.45, 2.75) is 49.7 Å². The first-order valence-corrected chi connectivity index (χ1v) is 11.2. The molecule has 0 radical (unpaired) electrons. The van der Waals surface area contributed by atoms with Crippen LogP contribution in [0.5, 0.6) is 5.75 Å². The molecule has 2 aliphatic carbocycles. The smallest absolute Gasteiger partial charge is 0.257 e. The molecule has 2 fully saturated rings. The van der Waals surface area contributed by atoms with Crippen LogP contribution in [-0.2, 0) is 15.1 Å². The summed E-state index contributed by atoms with van der Waals surface area (Å²) < 4.78 is 0. The van der Waals surface area contributed by atoms with Crippen LogP contribution in [0.15, 0.2) is 48.5 Å². The Morgan fingerprint density at radius 1 is 0.970 bits per heavy atom.